The van der Waals surface area contributed by atoms with Crippen molar-refractivity contribution in [1.82, 2.24) is 0 Å². The fourth-order valence-corrected chi connectivity index (χ4v) is 2.61. The third-order valence-corrected chi connectivity index (χ3v) is 4.12. The van der Waals surface area contributed by atoms with Crippen LogP contribution in [0.4, 0.5) is 0 Å². The summed E-state index contributed by atoms with van der Waals surface area (Å²) < 4.78 is 10.6. The zero-order chi connectivity index (χ0) is 18.2. The molecule has 4 nitrogen and oxygen atoms in total. The van der Waals surface area contributed by atoms with Crippen LogP contribution in [0.15, 0.2) is 24.3 Å². The van der Waals surface area contributed by atoms with Crippen molar-refractivity contribution in [2.24, 2.45) is 0 Å². The highest BCUT2D eigenvalue weighted by molar-refractivity contribution is 5.74. The lowest BCUT2D eigenvalue weighted by atomic mass is 10.1. The first kappa shape index (κ1) is 21.2. The minimum absolute atomic E-state index is 0.150. The van der Waals surface area contributed by atoms with Crippen LogP contribution in [-0.2, 0) is 9.53 Å². The molecule has 0 bridgehead atoms. The molecule has 25 heavy (non-hydrogen) atoms. The first-order valence-electron chi connectivity index (χ1n) is 9.60. The SMILES string of the molecule is CCCCCCCCCCCC(=O)OCCOc1ccc(C=O)cc1. The Balaban J connectivity index is 1.92. The predicted molar refractivity (Wildman–Crippen MR) is 100 cm³/mol. The molecule has 0 aliphatic carbocycles. The molecular formula is C21H32O4. The van der Waals surface area contributed by atoms with E-state index in [1.54, 1.807) is 24.3 Å². The number of carbonyl (C=O) groups is 2. The lowest BCUT2D eigenvalue weighted by Crippen LogP contribution is -2.12. The van der Waals surface area contributed by atoms with Gasteiger partial charge in [0.15, 0.2) is 0 Å². The minimum atomic E-state index is -0.150. The molecule has 4 heteroatoms. The van der Waals surface area contributed by atoms with Gasteiger partial charge in [-0.1, -0.05) is 58.3 Å². The van der Waals surface area contributed by atoms with Crippen molar-refractivity contribution < 1.29 is 19.1 Å². The maximum atomic E-state index is 11.6. The molecule has 0 spiro atoms. The first-order chi connectivity index (χ1) is 12.3. The van der Waals surface area contributed by atoms with E-state index < -0.39 is 0 Å². The van der Waals surface area contributed by atoms with Crippen LogP contribution in [0.5, 0.6) is 5.75 Å². The van der Waals surface area contributed by atoms with Gasteiger partial charge in [0.2, 0.25) is 0 Å². The summed E-state index contributed by atoms with van der Waals surface area (Å²) in [5.41, 5.74) is 0.611. The molecule has 0 aromatic heterocycles. The molecule has 0 amide bonds. The van der Waals surface area contributed by atoms with Crippen LogP contribution in [0, 0.1) is 0 Å². The highest BCUT2D eigenvalue weighted by Gasteiger charge is 2.03. The summed E-state index contributed by atoms with van der Waals surface area (Å²) in [5, 5.41) is 0. The van der Waals surface area contributed by atoms with Crippen molar-refractivity contribution in [2.45, 2.75) is 71.1 Å². The van der Waals surface area contributed by atoms with Gasteiger partial charge in [-0.15, -0.1) is 0 Å². The number of benzene rings is 1. The lowest BCUT2D eigenvalue weighted by Gasteiger charge is -2.07. The van der Waals surface area contributed by atoms with E-state index in [0.717, 1.165) is 19.1 Å². The highest BCUT2D eigenvalue weighted by atomic mass is 16.6. The Hall–Kier alpha value is -1.84. The summed E-state index contributed by atoms with van der Waals surface area (Å²) in [7, 11) is 0. The second kappa shape index (κ2) is 14.5. The van der Waals surface area contributed by atoms with Gasteiger partial charge in [-0.3, -0.25) is 9.59 Å². The van der Waals surface area contributed by atoms with Gasteiger partial charge in [-0.2, -0.15) is 0 Å². The van der Waals surface area contributed by atoms with E-state index in [1.165, 1.54) is 44.9 Å². The van der Waals surface area contributed by atoms with Crippen LogP contribution in [-0.4, -0.2) is 25.5 Å². The summed E-state index contributed by atoms with van der Waals surface area (Å²) in [6.07, 6.45) is 12.4. The molecule has 1 aromatic carbocycles. The van der Waals surface area contributed by atoms with Crippen molar-refractivity contribution in [3.63, 3.8) is 0 Å². The Labute approximate surface area is 151 Å². The van der Waals surface area contributed by atoms with E-state index in [0.29, 0.717) is 24.3 Å². The molecule has 140 valence electrons. The van der Waals surface area contributed by atoms with E-state index >= 15 is 0 Å². The number of unbranched alkanes of at least 4 members (excludes halogenated alkanes) is 8. The van der Waals surface area contributed by atoms with Crippen LogP contribution in [0.25, 0.3) is 0 Å². The van der Waals surface area contributed by atoms with E-state index in [2.05, 4.69) is 6.92 Å². The zero-order valence-electron chi connectivity index (χ0n) is 15.5. The summed E-state index contributed by atoms with van der Waals surface area (Å²) in [6.45, 7) is 2.81. The normalized spacial score (nSPS) is 10.4. The number of carbonyl (C=O) groups excluding carboxylic acids is 2. The quantitative estimate of drug-likeness (QED) is 0.244. The summed E-state index contributed by atoms with van der Waals surface area (Å²) in [6, 6.07) is 6.85. The molecule has 0 unspecified atom stereocenters. The van der Waals surface area contributed by atoms with Crippen LogP contribution >= 0.6 is 0 Å². The molecule has 1 rings (SSSR count). The molecule has 0 atom stereocenters. The monoisotopic (exact) mass is 348 g/mol. The standard InChI is InChI=1S/C21H32O4/c1-2-3-4-5-6-7-8-9-10-11-21(23)25-17-16-24-20-14-12-19(18-22)13-15-20/h12-15,18H,2-11,16-17H2,1H3. The molecule has 0 N–H and O–H groups in total. The summed E-state index contributed by atoms with van der Waals surface area (Å²) in [4.78, 5) is 22.2. The topological polar surface area (TPSA) is 52.6 Å². The summed E-state index contributed by atoms with van der Waals surface area (Å²) >= 11 is 0. The van der Waals surface area contributed by atoms with E-state index in [9.17, 15) is 9.59 Å². The second-order valence-electron chi connectivity index (χ2n) is 6.33. The van der Waals surface area contributed by atoms with Gasteiger partial charge in [0, 0.05) is 12.0 Å². The van der Waals surface area contributed by atoms with Gasteiger partial charge >= 0.3 is 5.97 Å². The van der Waals surface area contributed by atoms with Crippen LogP contribution in [0.1, 0.15) is 81.5 Å². The second-order valence-corrected chi connectivity index (χ2v) is 6.33. The van der Waals surface area contributed by atoms with Crippen molar-refractivity contribution in [3.8, 4) is 5.75 Å². The predicted octanol–water partition coefficient (Wildman–Crippen LogP) is 5.34. The van der Waals surface area contributed by atoms with Crippen molar-refractivity contribution in [1.29, 1.82) is 0 Å². The van der Waals surface area contributed by atoms with E-state index in [-0.39, 0.29) is 12.6 Å². The fourth-order valence-electron chi connectivity index (χ4n) is 2.61. The average molecular weight is 348 g/mol. The third-order valence-electron chi connectivity index (χ3n) is 4.12. The maximum Gasteiger partial charge on any atom is 0.305 e. The smallest absolute Gasteiger partial charge is 0.305 e. The zero-order valence-corrected chi connectivity index (χ0v) is 15.5. The number of hydrogen-bond acceptors (Lipinski definition) is 4. The minimum Gasteiger partial charge on any atom is -0.490 e. The van der Waals surface area contributed by atoms with Crippen molar-refractivity contribution in [3.05, 3.63) is 29.8 Å². The third kappa shape index (κ3) is 11.4. The molecule has 0 radical (unpaired) electrons. The van der Waals surface area contributed by atoms with Gasteiger partial charge in [0.25, 0.3) is 0 Å². The lowest BCUT2D eigenvalue weighted by molar-refractivity contribution is -0.144. The molecule has 0 fully saturated rings. The Morgan fingerprint density at radius 1 is 0.880 bits per heavy atom. The molecule has 0 aliphatic heterocycles. The number of aldehydes is 1. The number of rotatable bonds is 15. The highest BCUT2D eigenvalue weighted by Crippen LogP contribution is 2.12. The van der Waals surface area contributed by atoms with Crippen molar-refractivity contribution >= 4 is 12.3 Å². The number of ether oxygens (including phenoxy) is 2. The molecular weight excluding hydrogens is 316 g/mol. The molecule has 1 aromatic rings. The number of esters is 1. The Morgan fingerprint density at radius 3 is 2.08 bits per heavy atom. The largest absolute Gasteiger partial charge is 0.490 e. The Bertz CT molecular complexity index is 467. The molecule has 0 aliphatic rings. The van der Waals surface area contributed by atoms with Gasteiger partial charge < -0.3 is 9.47 Å². The van der Waals surface area contributed by atoms with Gasteiger partial charge in [0.05, 0.1) is 0 Å². The van der Waals surface area contributed by atoms with Crippen LogP contribution in [0.2, 0.25) is 0 Å². The first-order valence-corrected chi connectivity index (χ1v) is 9.60. The van der Waals surface area contributed by atoms with Crippen LogP contribution < -0.4 is 4.74 Å². The average Bonchev–Trinajstić information content (AvgIpc) is 2.64. The summed E-state index contributed by atoms with van der Waals surface area (Å²) in [5.74, 6) is 0.517. The molecule has 0 saturated heterocycles. The van der Waals surface area contributed by atoms with Gasteiger partial charge in [-0.05, 0) is 30.7 Å². The molecule has 0 saturated carbocycles. The Morgan fingerprint density at radius 2 is 1.48 bits per heavy atom. The number of hydrogen-bond donors (Lipinski definition) is 0. The Kier molecular flexibility index (Phi) is 12.3. The fraction of sp³-hybridized carbons (Fsp3) is 0.619. The maximum absolute atomic E-state index is 11.6. The van der Waals surface area contributed by atoms with Gasteiger partial charge in [0.1, 0.15) is 25.2 Å². The van der Waals surface area contributed by atoms with Crippen LogP contribution in [0.3, 0.4) is 0 Å². The van der Waals surface area contributed by atoms with E-state index in [1.807, 2.05) is 0 Å². The van der Waals surface area contributed by atoms with Gasteiger partial charge in [-0.25, -0.2) is 0 Å². The van der Waals surface area contributed by atoms with Crippen molar-refractivity contribution in [2.75, 3.05) is 13.2 Å². The molecule has 0 heterocycles. The van der Waals surface area contributed by atoms with E-state index in [4.69, 9.17) is 9.47 Å².